The van der Waals surface area contributed by atoms with Gasteiger partial charge in [0.25, 0.3) is 10.0 Å². The number of hydrogen-bond donors (Lipinski definition) is 2. The van der Waals surface area contributed by atoms with E-state index in [9.17, 15) is 13.2 Å². The summed E-state index contributed by atoms with van der Waals surface area (Å²) < 4.78 is 31.9. The Balaban J connectivity index is 1.81. The van der Waals surface area contributed by atoms with E-state index in [1.165, 1.54) is 19.1 Å². The van der Waals surface area contributed by atoms with Crippen molar-refractivity contribution in [2.45, 2.75) is 11.1 Å². The van der Waals surface area contributed by atoms with Gasteiger partial charge in [-0.2, -0.15) is 0 Å². The highest BCUT2D eigenvalue weighted by Gasteiger charge is 2.25. The molecule has 0 atom stereocenters. The molecular formula is C21H24N4O4S2. The molecule has 0 unspecified atom stereocenters. The molecule has 8 nitrogen and oxygen atoms in total. The Hall–Kier alpha value is -2.79. The second-order valence-corrected chi connectivity index (χ2v) is 9.65. The van der Waals surface area contributed by atoms with Crippen LogP contribution in [0.4, 0.5) is 15.6 Å². The minimum Gasteiger partial charge on any atom is -0.383 e. The number of benzene rings is 2. The molecule has 31 heavy (non-hydrogen) atoms. The van der Waals surface area contributed by atoms with Gasteiger partial charge in [0.15, 0.2) is 9.34 Å². The van der Waals surface area contributed by atoms with E-state index in [4.69, 9.17) is 4.74 Å². The van der Waals surface area contributed by atoms with Crippen molar-refractivity contribution in [2.75, 3.05) is 37.5 Å². The molecule has 2 N–H and O–H groups in total. The maximum atomic E-state index is 13.0. The van der Waals surface area contributed by atoms with Crippen LogP contribution in [-0.4, -0.2) is 46.7 Å². The molecule has 2 amide bonds. The molecule has 1 aromatic heterocycles. The van der Waals surface area contributed by atoms with E-state index in [1.54, 1.807) is 6.92 Å². The van der Waals surface area contributed by atoms with Crippen LogP contribution >= 0.6 is 11.3 Å². The lowest BCUT2D eigenvalue weighted by Crippen LogP contribution is -2.37. The lowest BCUT2D eigenvalue weighted by molar-refractivity contribution is 0.204. The lowest BCUT2D eigenvalue weighted by atomic mass is 10.1. The van der Waals surface area contributed by atoms with Gasteiger partial charge in [0.05, 0.1) is 18.8 Å². The van der Waals surface area contributed by atoms with E-state index in [1.807, 2.05) is 54.6 Å². The molecule has 1 heterocycles. The molecule has 3 aromatic rings. The predicted molar refractivity (Wildman–Crippen MR) is 123 cm³/mol. The number of ether oxygens (including phenoxy) is 1. The second kappa shape index (κ2) is 10.0. The minimum absolute atomic E-state index is 0.0763. The fourth-order valence-corrected chi connectivity index (χ4v) is 5.22. The van der Waals surface area contributed by atoms with Gasteiger partial charge in [-0.3, -0.25) is 4.90 Å². The van der Waals surface area contributed by atoms with Crippen molar-refractivity contribution in [3.05, 3.63) is 60.3 Å². The van der Waals surface area contributed by atoms with Gasteiger partial charge in [-0.15, -0.1) is 0 Å². The van der Waals surface area contributed by atoms with Crippen molar-refractivity contribution in [1.82, 2.24) is 9.71 Å². The Bertz CT molecular complexity index is 1130. The van der Waals surface area contributed by atoms with Crippen LogP contribution in [0.1, 0.15) is 5.69 Å². The maximum Gasteiger partial charge on any atom is 0.328 e. The Morgan fingerprint density at radius 1 is 1.10 bits per heavy atom. The third-order valence-corrected chi connectivity index (χ3v) is 7.70. The van der Waals surface area contributed by atoms with Gasteiger partial charge in [0.1, 0.15) is 0 Å². The van der Waals surface area contributed by atoms with Crippen molar-refractivity contribution in [2.24, 2.45) is 0 Å². The summed E-state index contributed by atoms with van der Waals surface area (Å²) in [4.78, 5) is 18.7. The number of aryl methyl sites for hydroxylation is 1. The summed E-state index contributed by atoms with van der Waals surface area (Å²) >= 11 is 0.936. The fraction of sp³-hybridized carbons (Fsp3) is 0.238. The molecule has 0 aliphatic heterocycles. The van der Waals surface area contributed by atoms with Gasteiger partial charge in [0.2, 0.25) is 0 Å². The number of anilines is 2. The van der Waals surface area contributed by atoms with Crippen LogP contribution in [0.25, 0.3) is 11.1 Å². The van der Waals surface area contributed by atoms with Gasteiger partial charge in [0, 0.05) is 12.8 Å². The number of aromatic nitrogens is 1. The summed E-state index contributed by atoms with van der Waals surface area (Å²) in [6, 6.07) is 17.0. The number of rotatable bonds is 8. The maximum absolute atomic E-state index is 13.0. The number of sulfonamides is 1. The average molecular weight is 461 g/mol. The first-order chi connectivity index (χ1) is 14.9. The highest BCUT2D eigenvalue weighted by molar-refractivity contribution is 7.91. The van der Waals surface area contributed by atoms with Crippen molar-refractivity contribution < 1.29 is 17.9 Å². The smallest absolute Gasteiger partial charge is 0.328 e. The van der Waals surface area contributed by atoms with Gasteiger partial charge in [-0.1, -0.05) is 53.8 Å². The number of thiazole rings is 1. The standard InChI is InChI=1S/C21H24N4O4S2/c1-15-19(31(27,28)22-2)30-21(23-15)25(13-14-29-3)20(26)24-18-11-9-17(10-12-18)16-7-5-4-6-8-16/h4-12,22H,13-14H2,1-3H3,(H,24,26). The first-order valence-electron chi connectivity index (χ1n) is 9.49. The van der Waals surface area contributed by atoms with Gasteiger partial charge < -0.3 is 10.1 Å². The summed E-state index contributed by atoms with van der Waals surface area (Å²) in [5.74, 6) is 0. The first-order valence-corrected chi connectivity index (χ1v) is 11.8. The minimum atomic E-state index is -3.66. The number of amides is 2. The summed E-state index contributed by atoms with van der Waals surface area (Å²) in [6.07, 6.45) is 0. The van der Waals surface area contributed by atoms with Crippen molar-refractivity contribution in [1.29, 1.82) is 0 Å². The number of methoxy groups -OCH3 is 1. The molecule has 164 valence electrons. The van der Waals surface area contributed by atoms with Crippen LogP contribution in [0.5, 0.6) is 0 Å². The summed E-state index contributed by atoms with van der Waals surface area (Å²) in [7, 11) is -0.795. The molecule has 0 radical (unpaired) electrons. The Morgan fingerprint density at radius 2 is 1.74 bits per heavy atom. The van der Waals surface area contributed by atoms with Crippen LogP contribution in [0.15, 0.2) is 58.8 Å². The van der Waals surface area contributed by atoms with E-state index in [2.05, 4.69) is 15.0 Å². The van der Waals surface area contributed by atoms with E-state index in [-0.39, 0.29) is 22.5 Å². The Kier molecular flexibility index (Phi) is 7.39. The van der Waals surface area contributed by atoms with Crippen molar-refractivity contribution in [3.8, 4) is 11.1 Å². The summed E-state index contributed by atoms with van der Waals surface area (Å²) in [5, 5.41) is 3.12. The highest BCUT2D eigenvalue weighted by Crippen LogP contribution is 2.30. The monoisotopic (exact) mass is 460 g/mol. The number of nitrogens with zero attached hydrogens (tertiary/aromatic N) is 2. The average Bonchev–Trinajstić information content (AvgIpc) is 3.17. The largest absolute Gasteiger partial charge is 0.383 e. The predicted octanol–water partition coefficient (Wildman–Crippen LogP) is 3.71. The Morgan fingerprint density at radius 3 is 2.35 bits per heavy atom. The Labute approximate surface area is 185 Å². The zero-order valence-electron chi connectivity index (χ0n) is 17.5. The second-order valence-electron chi connectivity index (χ2n) is 6.59. The van der Waals surface area contributed by atoms with Crippen molar-refractivity contribution in [3.63, 3.8) is 0 Å². The summed E-state index contributed by atoms with van der Waals surface area (Å²) in [5.41, 5.74) is 3.06. The van der Waals surface area contributed by atoms with Gasteiger partial charge >= 0.3 is 6.03 Å². The van der Waals surface area contributed by atoms with Crippen LogP contribution in [0.3, 0.4) is 0 Å². The zero-order chi connectivity index (χ0) is 22.4. The molecule has 0 spiro atoms. The third-order valence-electron chi connectivity index (χ3n) is 4.49. The summed E-state index contributed by atoms with van der Waals surface area (Å²) in [6.45, 7) is 2.09. The van der Waals surface area contributed by atoms with E-state index >= 15 is 0 Å². The molecule has 0 aliphatic rings. The van der Waals surface area contributed by atoms with Crippen LogP contribution in [-0.2, 0) is 14.8 Å². The number of carbonyl (C=O) groups is 1. The molecule has 0 bridgehead atoms. The number of urea groups is 1. The molecule has 2 aromatic carbocycles. The first kappa shape index (κ1) is 22.9. The molecule has 10 heteroatoms. The van der Waals surface area contributed by atoms with Crippen molar-refractivity contribution >= 4 is 38.2 Å². The van der Waals surface area contributed by atoms with E-state index < -0.39 is 16.1 Å². The quantitative estimate of drug-likeness (QED) is 0.534. The number of carbonyl (C=O) groups excluding carboxylic acids is 1. The van der Waals surface area contributed by atoms with E-state index in [0.717, 1.165) is 22.5 Å². The van der Waals surface area contributed by atoms with Crippen LogP contribution in [0.2, 0.25) is 0 Å². The normalized spacial score (nSPS) is 11.3. The topological polar surface area (TPSA) is 101 Å². The SMILES string of the molecule is CNS(=O)(=O)c1sc(N(CCOC)C(=O)Nc2ccc(-c3ccccc3)cc2)nc1C. The van der Waals surface area contributed by atoms with E-state index in [0.29, 0.717) is 11.4 Å². The molecule has 0 aliphatic carbocycles. The van der Waals surface area contributed by atoms with Gasteiger partial charge in [-0.25, -0.2) is 22.9 Å². The third kappa shape index (κ3) is 5.47. The van der Waals surface area contributed by atoms with Crippen LogP contribution in [0, 0.1) is 6.92 Å². The lowest BCUT2D eigenvalue weighted by Gasteiger charge is -2.20. The molecule has 3 rings (SSSR count). The highest BCUT2D eigenvalue weighted by atomic mass is 32.2. The zero-order valence-corrected chi connectivity index (χ0v) is 19.1. The molecule has 0 saturated heterocycles. The fourth-order valence-electron chi connectivity index (χ4n) is 2.86. The van der Waals surface area contributed by atoms with Crippen LogP contribution < -0.4 is 14.9 Å². The molecule has 0 saturated carbocycles. The number of nitrogens with one attached hydrogen (secondary N) is 2. The molecule has 0 fully saturated rings. The van der Waals surface area contributed by atoms with Gasteiger partial charge in [-0.05, 0) is 37.2 Å². The molecular weight excluding hydrogens is 436 g/mol. The number of hydrogen-bond acceptors (Lipinski definition) is 6.